The van der Waals surface area contributed by atoms with Gasteiger partial charge in [0.25, 0.3) is 6.43 Å². The molecular formula is C18H16F2N2O3. The molecule has 0 amide bonds. The molecule has 0 aliphatic heterocycles. The fourth-order valence-corrected chi connectivity index (χ4v) is 2.25. The molecule has 0 bridgehead atoms. The summed E-state index contributed by atoms with van der Waals surface area (Å²) in [6.07, 6.45) is -1.80. The maximum absolute atomic E-state index is 12.7. The van der Waals surface area contributed by atoms with Crippen LogP contribution in [0, 0.1) is 0 Å². The Labute approximate surface area is 142 Å². The first kappa shape index (κ1) is 16.9. The summed E-state index contributed by atoms with van der Waals surface area (Å²) < 4.78 is 36.1. The molecule has 0 spiro atoms. The quantitative estimate of drug-likeness (QED) is 0.527. The lowest BCUT2D eigenvalue weighted by molar-refractivity contribution is 0.0734. The third-order valence-electron chi connectivity index (χ3n) is 3.45. The van der Waals surface area contributed by atoms with Gasteiger partial charge in [-0.3, -0.25) is 0 Å². The van der Waals surface area contributed by atoms with Crippen molar-refractivity contribution in [2.45, 2.75) is 19.8 Å². The number of nitrogens with one attached hydrogen (secondary N) is 1. The summed E-state index contributed by atoms with van der Waals surface area (Å²) in [5.74, 6) is 0.0485. The Morgan fingerprint density at radius 1 is 1.16 bits per heavy atom. The lowest BCUT2D eigenvalue weighted by Gasteiger charge is -2.07. The highest BCUT2D eigenvalue weighted by Gasteiger charge is 2.15. The second kappa shape index (κ2) is 7.29. The van der Waals surface area contributed by atoms with Crippen molar-refractivity contribution in [3.05, 3.63) is 53.9 Å². The van der Waals surface area contributed by atoms with Crippen LogP contribution in [0.2, 0.25) is 0 Å². The molecule has 0 radical (unpaired) electrons. The number of ether oxygens (including phenoxy) is 2. The highest BCUT2D eigenvalue weighted by atomic mass is 19.3. The Kier molecular flexibility index (Phi) is 4.92. The second-order valence-corrected chi connectivity index (χ2v) is 5.36. The number of halogens is 2. The van der Waals surface area contributed by atoms with E-state index in [0.717, 1.165) is 6.42 Å². The van der Waals surface area contributed by atoms with Crippen LogP contribution in [0.25, 0.3) is 11.0 Å². The Morgan fingerprint density at radius 2 is 1.88 bits per heavy atom. The Balaban J connectivity index is 1.73. The number of rotatable bonds is 6. The lowest BCUT2D eigenvalue weighted by Crippen LogP contribution is -2.08. The minimum Gasteiger partial charge on any atom is -0.494 e. The van der Waals surface area contributed by atoms with E-state index in [1.165, 1.54) is 18.2 Å². The number of carbonyl (C=O) groups excluding carboxylic acids is 1. The molecule has 25 heavy (non-hydrogen) atoms. The minimum atomic E-state index is -2.70. The molecule has 0 saturated carbocycles. The molecule has 0 saturated heterocycles. The van der Waals surface area contributed by atoms with Crippen molar-refractivity contribution in [2.24, 2.45) is 0 Å². The van der Waals surface area contributed by atoms with Crippen molar-refractivity contribution in [3.8, 4) is 11.5 Å². The average Bonchev–Trinajstić information content (AvgIpc) is 3.04. The summed E-state index contributed by atoms with van der Waals surface area (Å²) >= 11 is 0. The molecular weight excluding hydrogens is 330 g/mol. The standard InChI is InChI=1S/C18H16F2N2O3/c1-2-9-24-12-4-6-13(7-5-12)25-18(23)11-3-8-14-15(10-11)22-17(21-14)16(19)20/h3-8,10,16H,2,9H2,1H3,(H,21,22). The van der Waals surface area contributed by atoms with Gasteiger partial charge in [-0.05, 0) is 48.9 Å². The number of nitrogens with zero attached hydrogens (tertiary/aromatic N) is 1. The lowest BCUT2D eigenvalue weighted by atomic mass is 10.2. The summed E-state index contributed by atoms with van der Waals surface area (Å²) in [6.45, 7) is 2.63. The van der Waals surface area contributed by atoms with Gasteiger partial charge in [0.1, 0.15) is 11.5 Å². The Morgan fingerprint density at radius 3 is 2.56 bits per heavy atom. The van der Waals surface area contributed by atoms with Gasteiger partial charge in [0, 0.05) is 0 Å². The molecule has 7 heteroatoms. The van der Waals surface area contributed by atoms with Gasteiger partial charge in [-0.15, -0.1) is 0 Å². The largest absolute Gasteiger partial charge is 0.494 e. The molecule has 0 fully saturated rings. The first-order valence-corrected chi connectivity index (χ1v) is 7.79. The Bertz CT molecular complexity index is 876. The number of fused-ring (bicyclic) bond motifs is 1. The topological polar surface area (TPSA) is 64.2 Å². The van der Waals surface area contributed by atoms with Crippen LogP contribution in [0.1, 0.15) is 36.0 Å². The van der Waals surface area contributed by atoms with Crippen molar-refractivity contribution in [1.82, 2.24) is 9.97 Å². The number of H-pyrrole nitrogens is 1. The van der Waals surface area contributed by atoms with Gasteiger partial charge in [-0.1, -0.05) is 6.92 Å². The summed E-state index contributed by atoms with van der Waals surface area (Å²) in [7, 11) is 0. The predicted octanol–water partition coefficient (Wildman–Crippen LogP) is 4.51. The zero-order valence-corrected chi connectivity index (χ0v) is 13.5. The van der Waals surface area contributed by atoms with Crippen LogP contribution in [0.3, 0.4) is 0 Å². The van der Waals surface area contributed by atoms with E-state index in [9.17, 15) is 13.6 Å². The minimum absolute atomic E-state index is 0.239. The number of hydrogen-bond donors (Lipinski definition) is 1. The highest BCUT2D eigenvalue weighted by Crippen LogP contribution is 2.22. The Hall–Kier alpha value is -2.96. The fourth-order valence-electron chi connectivity index (χ4n) is 2.25. The van der Waals surface area contributed by atoms with E-state index in [4.69, 9.17) is 9.47 Å². The predicted molar refractivity (Wildman–Crippen MR) is 88.2 cm³/mol. The van der Waals surface area contributed by atoms with Crippen molar-refractivity contribution in [1.29, 1.82) is 0 Å². The van der Waals surface area contributed by atoms with Gasteiger partial charge < -0.3 is 14.5 Å². The molecule has 2 aromatic carbocycles. The maximum Gasteiger partial charge on any atom is 0.343 e. The molecule has 3 rings (SSSR count). The second-order valence-electron chi connectivity index (χ2n) is 5.36. The van der Waals surface area contributed by atoms with Crippen LogP contribution in [0.5, 0.6) is 11.5 Å². The van der Waals surface area contributed by atoms with Crippen LogP contribution in [0.4, 0.5) is 8.78 Å². The molecule has 0 atom stereocenters. The number of hydrogen-bond acceptors (Lipinski definition) is 4. The van der Waals surface area contributed by atoms with Crippen LogP contribution in [-0.2, 0) is 0 Å². The SMILES string of the molecule is CCCOc1ccc(OC(=O)c2ccc3nc(C(F)F)[nH]c3c2)cc1. The van der Waals surface area contributed by atoms with Crippen LogP contribution < -0.4 is 9.47 Å². The first-order valence-electron chi connectivity index (χ1n) is 7.79. The van der Waals surface area contributed by atoms with E-state index in [2.05, 4.69) is 9.97 Å². The van der Waals surface area contributed by atoms with Crippen LogP contribution >= 0.6 is 0 Å². The number of imidazole rings is 1. The fraction of sp³-hybridized carbons (Fsp3) is 0.222. The third-order valence-corrected chi connectivity index (χ3v) is 3.45. The van der Waals surface area contributed by atoms with Crippen LogP contribution in [0.15, 0.2) is 42.5 Å². The molecule has 0 aliphatic rings. The van der Waals surface area contributed by atoms with Gasteiger partial charge in [-0.2, -0.15) is 0 Å². The molecule has 1 aromatic heterocycles. The van der Waals surface area contributed by atoms with Crippen molar-refractivity contribution < 1.29 is 23.0 Å². The molecule has 130 valence electrons. The summed E-state index contributed by atoms with van der Waals surface area (Å²) in [5.41, 5.74) is 0.959. The highest BCUT2D eigenvalue weighted by molar-refractivity contribution is 5.94. The van der Waals surface area contributed by atoms with Crippen molar-refractivity contribution >= 4 is 17.0 Å². The van der Waals surface area contributed by atoms with Gasteiger partial charge in [0.15, 0.2) is 5.82 Å². The molecule has 3 aromatic rings. The number of benzene rings is 2. The smallest absolute Gasteiger partial charge is 0.343 e. The third kappa shape index (κ3) is 3.93. The van der Waals surface area contributed by atoms with Crippen molar-refractivity contribution in [2.75, 3.05) is 6.61 Å². The number of alkyl halides is 2. The van der Waals surface area contributed by atoms with E-state index in [-0.39, 0.29) is 5.56 Å². The van der Waals surface area contributed by atoms with E-state index < -0.39 is 18.2 Å². The molecule has 0 unspecified atom stereocenters. The van der Waals surface area contributed by atoms with Crippen LogP contribution in [-0.4, -0.2) is 22.5 Å². The van der Waals surface area contributed by atoms with Gasteiger partial charge in [-0.25, -0.2) is 18.6 Å². The van der Waals surface area contributed by atoms with Gasteiger partial charge in [0.05, 0.1) is 23.2 Å². The summed E-state index contributed by atoms with van der Waals surface area (Å²) in [6, 6.07) is 11.1. The maximum atomic E-state index is 12.7. The van der Waals surface area contributed by atoms with E-state index in [1.54, 1.807) is 24.3 Å². The average molecular weight is 346 g/mol. The number of aromatic amines is 1. The molecule has 1 heterocycles. The molecule has 1 N–H and O–H groups in total. The zero-order valence-electron chi connectivity index (χ0n) is 13.5. The molecule has 5 nitrogen and oxygen atoms in total. The van der Waals surface area contributed by atoms with Gasteiger partial charge in [0.2, 0.25) is 0 Å². The first-order chi connectivity index (χ1) is 12.1. The normalized spacial score (nSPS) is 11.0. The van der Waals surface area contributed by atoms with Crippen molar-refractivity contribution in [3.63, 3.8) is 0 Å². The number of esters is 1. The van der Waals surface area contributed by atoms with E-state index in [1.807, 2.05) is 6.92 Å². The summed E-state index contributed by atoms with van der Waals surface area (Å²) in [5, 5.41) is 0. The monoisotopic (exact) mass is 346 g/mol. The van der Waals surface area contributed by atoms with E-state index >= 15 is 0 Å². The van der Waals surface area contributed by atoms with Gasteiger partial charge >= 0.3 is 5.97 Å². The zero-order chi connectivity index (χ0) is 17.8. The number of aromatic nitrogens is 2. The number of carbonyl (C=O) groups is 1. The van der Waals surface area contributed by atoms with E-state index in [0.29, 0.717) is 29.1 Å². The summed E-state index contributed by atoms with van der Waals surface area (Å²) in [4.78, 5) is 18.5. The molecule has 0 aliphatic carbocycles.